The number of hydrogen-bond donors (Lipinski definition) is 1. The molecule has 1 amide bonds. The van der Waals surface area contributed by atoms with Crippen LogP contribution in [0.1, 0.15) is 35.8 Å². The van der Waals surface area contributed by atoms with Gasteiger partial charge in [0.15, 0.2) is 5.13 Å². The van der Waals surface area contributed by atoms with Crippen LogP contribution in [-0.4, -0.2) is 28.9 Å². The van der Waals surface area contributed by atoms with Crippen LogP contribution in [0.2, 0.25) is 0 Å². The molecule has 6 heteroatoms. The van der Waals surface area contributed by atoms with Crippen molar-refractivity contribution in [1.29, 1.82) is 0 Å². The Morgan fingerprint density at radius 2 is 2.30 bits per heavy atom. The maximum atomic E-state index is 12.3. The molecule has 1 fully saturated rings. The van der Waals surface area contributed by atoms with Crippen molar-refractivity contribution in [1.82, 2.24) is 9.88 Å². The molecule has 1 atom stereocenters. The van der Waals surface area contributed by atoms with Crippen molar-refractivity contribution in [2.45, 2.75) is 26.3 Å². The van der Waals surface area contributed by atoms with E-state index in [2.05, 4.69) is 38.1 Å². The summed E-state index contributed by atoms with van der Waals surface area (Å²) < 4.78 is 0.789. The third-order valence-corrected chi connectivity index (χ3v) is 5.52. The van der Waals surface area contributed by atoms with Crippen LogP contribution in [0.25, 0.3) is 0 Å². The summed E-state index contributed by atoms with van der Waals surface area (Å²) in [7, 11) is 0. The number of nitrogens with zero attached hydrogens (tertiary/aromatic N) is 2. The van der Waals surface area contributed by atoms with Crippen LogP contribution in [0.15, 0.2) is 34.1 Å². The van der Waals surface area contributed by atoms with E-state index in [0.717, 1.165) is 35.7 Å². The largest absolute Gasteiger partial charge is 0.298 e. The normalized spacial score (nSPS) is 18.8. The first-order valence-corrected chi connectivity index (χ1v) is 9.51. The number of carbonyl (C=O) groups is 1. The van der Waals surface area contributed by atoms with E-state index < -0.39 is 0 Å². The molecule has 1 aromatic heterocycles. The molecule has 1 aliphatic heterocycles. The molecule has 0 radical (unpaired) electrons. The van der Waals surface area contributed by atoms with Crippen LogP contribution in [0.3, 0.4) is 0 Å². The number of amides is 1. The van der Waals surface area contributed by atoms with Gasteiger partial charge >= 0.3 is 0 Å². The highest BCUT2D eigenvalue weighted by Crippen LogP contribution is 2.22. The van der Waals surface area contributed by atoms with E-state index >= 15 is 0 Å². The molecular weight excluding hydrogens is 374 g/mol. The molecule has 3 rings (SSSR count). The minimum Gasteiger partial charge on any atom is -0.298 e. The molecule has 1 saturated heterocycles. The molecule has 0 spiro atoms. The minimum atomic E-state index is -0.134. The molecule has 1 N–H and O–H groups in total. The summed E-state index contributed by atoms with van der Waals surface area (Å²) >= 11 is 4.89. The van der Waals surface area contributed by atoms with Gasteiger partial charge in [-0.3, -0.25) is 15.0 Å². The second kappa shape index (κ2) is 7.55. The number of hydrogen-bond acceptors (Lipinski definition) is 4. The average Bonchev–Trinajstić information content (AvgIpc) is 2.94. The number of nitrogens with one attached hydrogen (secondary N) is 1. The molecule has 0 bridgehead atoms. The predicted octanol–water partition coefficient (Wildman–Crippen LogP) is 4.39. The molecule has 4 nitrogen and oxygen atoms in total. The van der Waals surface area contributed by atoms with Crippen LogP contribution < -0.4 is 5.32 Å². The lowest BCUT2D eigenvalue weighted by molar-refractivity contribution is 0.102. The number of benzene rings is 1. The van der Waals surface area contributed by atoms with Crippen LogP contribution in [0.5, 0.6) is 0 Å². The molecular formula is C17H20BrN3OS. The zero-order valence-corrected chi connectivity index (χ0v) is 15.5. The molecule has 0 aliphatic carbocycles. The van der Waals surface area contributed by atoms with Gasteiger partial charge in [0.05, 0.1) is 11.3 Å². The highest BCUT2D eigenvalue weighted by atomic mass is 79.9. The van der Waals surface area contributed by atoms with Gasteiger partial charge in [0.25, 0.3) is 5.91 Å². The van der Waals surface area contributed by atoms with E-state index in [9.17, 15) is 4.79 Å². The monoisotopic (exact) mass is 393 g/mol. The average molecular weight is 394 g/mol. The number of thiazole rings is 1. The maximum Gasteiger partial charge on any atom is 0.258 e. The Hall–Kier alpha value is -1.24. The van der Waals surface area contributed by atoms with Crippen molar-refractivity contribution < 1.29 is 4.79 Å². The Kier molecular flexibility index (Phi) is 5.46. The Morgan fingerprint density at radius 3 is 3.09 bits per heavy atom. The lowest BCUT2D eigenvalue weighted by Gasteiger charge is -2.30. The van der Waals surface area contributed by atoms with Crippen molar-refractivity contribution in [2.75, 3.05) is 18.4 Å². The van der Waals surface area contributed by atoms with Gasteiger partial charge in [0.2, 0.25) is 0 Å². The second-order valence-corrected chi connectivity index (χ2v) is 7.77. The number of anilines is 1. The highest BCUT2D eigenvalue weighted by molar-refractivity contribution is 9.10. The number of halogens is 1. The Balaban J connectivity index is 1.61. The third-order valence-electron chi connectivity index (χ3n) is 4.02. The molecule has 1 unspecified atom stereocenters. The molecule has 23 heavy (non-hydrogen) atoms. The first kappa shape index (κ1) is 16.6. The first-order chi connectivity index (χ1) is 11.1. The van der Waals surface area contributed by atoms with E-state index in [0.29, 0.717) is 10.7 Å². The van der Waals surface area contributed by atoms with Crippen molar-refractivity contribution in [3.8, 4) is 0 Å². The summed E-state index contributed by atoms with van der Waals surface area (Å²) in [5, 5.41) is 5.58. The fourth-order valence-electron chi connectivity index (χ4n) is 2.91. The quantitative estimate of drug-likeness (QED) is 0.837. The molecule has 2 heterocycles. The standard InChI is InChI=1S/C17H20BrN3OS/c1-12-5-4-8-21(9-12)10-13-11-23-17(19-13)20-16(22)14-6-2-3-7-15(14)18/h2-3,6-7,11-12H,4-5,8-10H2,1H3,(H,19,20,22). The summed E-state index contributed by atoms with van der Waals surface area (Å²) in [5.41, 5.74) is 1.65. The van der Waals surface area contributed by atoms with Gasteiger partial charge in [-0.15, -0.1) is 11.3 Å². The lowest BCUT2D eigenvalue weighted by atomic mass is 10.0. The van der Waals surface area contributed by atoms with Gasteiger partial charge in [-0.1, -0.05) is 19.1 Å². The van der Waals surface area contributed by atoms with Crippen LogP contribution >= 0.6 is 27.3 Å². The number of carbonyl (C=O) groups excluding carboxylic acids is 1. The van der Waals surface area contributed by atoms with E-state index in [-0.39, 0.29) is 5.91 Å². The van der Waals surface area contributed by atoms with Gasteiger partial charge in [-0.25, -0.2) is 4.98 Å². The van der Waals surface area contributed by atoms with Gasteiger partial charge in [-0.05, 0) is 53.4 Å². The van der Waals surface area contributed by atoms with Crippen LogP contribution in [-0.2, 0) is 6.54 Å². The fraction of sp³-hybridized carbons (Fsp3) is 0.412. The van der Waals surface area contributed by atoms with E-state index in [1.165, 1.54) is 24.2 Å². The van der Waals surface area contributed by atoms with Gasteiger partial charge in [0.1, 0.15) is 0 Å². The zero-order chi connectivity index (χ0) is 16.2. The number of aromatic nitrogens is 1. The predicted molar refractivity (Wildman–Crippen MR) is 97.9 cm³/mol. The Morgan fingerprint density at radius 1 is 1.48 bits per heavy atom. The van der Waals surface area contributed by atoms with Gasteiger partial charge in [0, 0.05) is 22.9 Å². The summed E-state index contributed by atoms with van der Waals surface area (Å²) in [6.45, 7) is 5.44. The minimum absolute atomic E-state index is 0.134. The number of piperidine rings is 1. The summed E-state index contributed by atoms with van der Waals surface area (Å²) in [6.07, 6.45) is 2.58. The fourth-order valence-corrected chi connectivity index (χ4v) is 4.07. The van der Waals surface area contributed by atoms with Gasteiger partial charge < -0.3 is 0 Å². The number of rotatable bonds is 4. The SMILES string of the molecule is CC1CCCN(Cc2csc(NC(=O)c3ccccc3Br)n2)C1. The molecule has 122 valence electrons. The van der Waals surface area contributed by atoms with E-state index in [1.54, 1.807) is 6.07 Å². The van der Waals surface area contributed by atoms with Crippen molar-refractivity contribution in [3.05, 3.63) is 45.4 Å². The highest BCUT2D eigenvalue weighted by Gasteiger charge is 2.18. The first-order valence-electron chi connectivity index (χ1n) is 7.84. The molecule has 1 aromatic carbocycles. The lowest BCUT2D eigenvalue weighted by Crippen LogP contribution is -2.33. The molecule has 2 aromatic rings. The molecule has 0 saturated carbocycles. The topological polar surface area (TPSA) is 45.2 Å². The summed E-state index contributed by atoms with van der Waals surface area (Å²) in [6, 6.07) is 7.40. The van der Waals surface area contributed by atoms with Crippen LogP contribution in [0.4, 0.5) is 5.13 Å². The number of likely N-dealkylation sites (tertiary alicyclic amines) is 1. The Labute approximate surface area is 149 Å². The summed E-state index contributed by atoms with van der Waals surface area (Å²) in [5.74, 6) is 0.627. The Bertz CT molecular complexity index is 688. The molecule has 1 aliphatic rings. The smallest absolute Gasteiger partial charge is 0.258 e. The zero-order valence-electron chi connectivity index (χ0n) is 13.1. The van der Waals surface area contributed by atoms with Crippen molar-refractivity contribution >= 4 is 38.3 Å². The summed E-state index contributed by atoms with van der Waals surface area (Å²) in [4.78, 5) is 19.3. The van der Waals surface area contributed by atoms with Crippen molar-refractivity contribution in [2.24, 2.45) is 5.92 Å². The second-order valence-electron chi connectivity index (χ2n) is 6.06. The van der Waals surface area contributed by atoms with E-state index in [1.807, 2.05) is 23.6 Å². The van der Waals surface area contributed by atoms with Crippen molar-refractivity contribution in [3.63, 3.8) is 0 Å². The van der Waals surface area contributed by atoms with Gasteiger partial charge in [-0.2, -0.15) is 0 Å². The third kappa shape index (κ3) is 4.40. The van der Waals surface area contributed by atoms with Crippen LogP contribution in [0, 0.1) is 5.92 Å². The maximum absolute atomic E-state index is 12.3. The van der Waals surface area contributed by atoms with E-state index in [4.69, 9.17) is 0 Å².